The van der Waals surface area contributed by atoms with E-state index in [1.807, 2.05) is 51.1 Å². The molecule has 13 nitrogen and oxygen atoms in total. The van der Waals surface area contributed by atoms with Crippen molar-refractivity contribution >= 4 is 41.2 Å². The van der Waals surface area contributed by atoms with Crippen molar-refractivity contribution in [1.82, 2.24) is 15.5 Å². The molecule has 6 rings (SSSR count). The van der Waals surface area contributed by atoms with E-state index in [1.165, 1.54) is 16.9 Å². The molecule has 2 aromatic rings. The molecule has 0 aliphatic carbocycles. The van der Waals surface area contributed by atoms with Gasteiger partial charge in [-0.25, -0.2) is 9.59 Å². The van der Waals surface area contributed by atoms with Crippen LogP contribution in [0.5, 0.6) is 0 Å². The molecule has 2 saturated heterocycles. The number of nitrogens with one attached hydrogen (secondary N) is 2. The summed E-state index contributed by atoms with van der Waals surface area (Å²) < 4.78 is 23.8. The van der Waals surface area contributed by atoms with Crippen LogP contribution in [0.15, 0.2) is 54.1 Å². The molecule has 0 unspecified atom stereocenters. The second-order valence-corrected chi connectivity index (χ2v) is 16.2. The lowest BCUT2D eigenvalue weighted by Gasteiger charge is -2.42. The largest absolute Gasteiger partial charge is 0.457 e. The second-order valence-electron chi connectivity index (χ2n) is 15.8. The first kappa shape index (κ1) is 41.4. The van der Waals surface area contributed by atoms with Crippen LogP contribution >= 0.6 is 11.6 Å². The normalized spacial score (nSPS) is 31.4. The number of carbonyl (C=O) groups is 4. The SMILES string of the molecule is CO[C@@H]1/C=C/C=C(\C)Cc2cc(C)c(Cl)c(c2)N(C)C(=O)C[C@H](OC(=O)[C@H](C)N(C)C(=O)c2ccc3c(c2)CCNC3)[C@]2(C)O[C@H]2[C@H](C)[C@@H]2C[C@@]1(O)NC(=O)O2. The number of amides is 3. The fourth-order valence-corrected chi connectivity index (χ4v) is 8.26. The van der Waals surface area contributed by atoms with Gasteiger partial charge in [0.2, 0.25) is 5.91 Å². The number of alkyl carbamates (subject to hydrolysis) is 1. The Hall–Kier alpha value is -4.27. The van der Waals surface area contributed by atoms with Gasteiger partial charge in [-0.05, 0) is 87.5 Å². The maximum atomic E-state index is 14.2. The number of hydrogen-bond acceptors (Lipinski definition) is 10. The quantitative estimate of drug-likeness (QED) is 0.285. The highest BCUT2D eigenvalue weighted by molar-refractivity contribution is 6.34. The van der Waals surface area contributed by atoms with Gasteiger partial charge in [0.1, 0.15) is 30.0 Å². The molecule has 56 heavy (non-hydrogen) atoms. The molecule has 0 aromatic heterocycles. The average molecular weight is 793 g/mol. The van der Waals surface area contributed by atoms with Gasteiger partial charge in [-0.3, -0.25) is 14.9 Å². The Morgan fingerprint density at radius 3 is 2.64 bits per heavy atom. The van der Waals surface area contributed by atoms with E-state index < -0.39 is 59.8 Å². The standard InChI is InChI=1S/C42H53ClN4O9/c1-23-10-9-11-33(53-8)42(52)21-32(54-40(51)45-42)25(3)37-41(5,56-37)34(20-35(48)47(7)31-18-27(16-23)17-24(2)36(31)43)55-39(50)26(4)46(6)38(49)29-12-13-30-22-44-15-14-28(30)19-29/h9-13,17-19,25-26,32-34,37,44,52H,14-16,20-22H2,1-8H3,(H,45,51)/b11-9+,23-10+/t25-,26+,32+,33-,34+,37+,41+,42+/m1/s1. The Bertz CT molecular complexity index is 1950. The number of benzene rings is 2. The van der Waals surface area contributed by atoms with Gasteiger partial charge in [-0.15, -0.1) is 0 Å². The number of hydrogen-bond donors (Lipinski definition) is 3. The molecular weight excluding hydrogens is 740 g/mol. The topological polar surface area (TPSA) is 159 Å². The van der Waals surface area contributed by atoms with Crippen LogP contribution in [-0.4, -0.2) is 103 Å². The lowest BCUT2D eigenvalue weighted by Crippen LogP contribution is -2.63. The minimum Gasteiger partial charge on any atom is -0.457 e. The molecule has 2 aromatic carbocycles. The van der Waals surface area contributed by atoms with Crippen molar-refractivity contribution in [2.24, 2.45) is 5.92 Å². The summed E-state index contributed by atoms with van der Waals surface area (Å²) in [6.07, 6.45) is 1.98. The Morgan fingerprint density at radius 1 is 1.16 bits per heavy atom. The number of rotatable bonds is 5. The zero-order valence-electron chi connectivity index (χ0n) is 33.3. The number of carbonyl (C=O) groups excluding carboxylic acids is 4. The van der Waals surface area contributed by atoms with Crippen LogP contribution in [0.25, 0.3) is 0 Å². The Labute approximate surface area is 333 Å². The minimum absolute atomic E-state index is 0.0414. The summed E-state index contributed by atoms with van der Waals surface area (Å²) in [7, 11) is 4.62. The van der Waals surface area contributed by atoms with E-state index in [0.717, 1.165) is 47.3 Å². The number of methoxy groups -OCH3 is 1. The maximum absolute atomic E-state index is 14.2. The third-order valence-electron chi connectivity index (χ3n) is 11.8. The van der Waals surface area contributed by atoms with Crippen LogP contribution in [0.2, 0.25) is 5.02 Å². The van der Waals surface area contributed by atoms with E-state index in [0.29, 0.717) is 22.7 Å². The Kier molecular flexibility index (Phi) is 12.0. The molecule has 3 N–H and O–H groups in total. The Balaban J connectivity index is 1.32. The molecule has 0 radical (unpaired) electrons. The zero-order valence-corrected chi connectivity index (χ0v) is 34.1. The minimum atomic E-state index is -1.82. The molecule has 0 spiro atoms. The molecule has 4 aliphatic heterocycles. The van der Waals surface area contributed by atoms with Gasteiger partial charge in [0.05, 0.1) is 23.2 Å². The third-order valence-corrected chi connectivity index (χ3v) is 12.3. The van der Waals surface area contributed by atoms with Crippen molar-refractivity contribution in [2.75, 3.05) is 32.6 Å². The van der Waals surface area contributed by atoms with Crippen LogP contribution < -0.4 is 15.5 Å². The number of aliphatic hydroxyl groups is 1. The van der Waals surface area contributed by atoms with Crippen LogP contribution in [0.4, 0.5) is 10.5 Å². The number of aryl methyl sites for hydroxylation is 1. The fraction of sp³-hybridized carbons (Fsp3) is 0.524. The smallest absolute Gasteiger partial charge is 0.409 e. The molecule has 3 amide bonds. The van der Waals surface area contributed by atoms with Gasteiger partial charge in [-0.2, -0.15) is 0 Å². The van der Waals surface area contributed by atoms with Gasteiger partial charge in [0, 0.05) is 45.7 Å². The predicted octanol–water partition coefficient (Wildman–Crippen LogP) is 4.77. The first-order valence-electron chi connectivity index (χ1n) is 19.1. The van der Waals surface area contributed by atoms with Crippen molar-refractivity contribution in [3.63, 3.8) is 0 Å². The van der Waals surface area contributed by atoms with Crippen LogP contribution in [0.3, 0.4) is 0 Å². The summed E-state index contributed by atoms with van der Waals surface area (Å²) in [6, 6.07) is 8.36. The Morgan fingerprint density at radius 2 is 1.91 bits per heavy atom. The van der Waals surface area contributed by atoms with E-state index in [4.69, 9.17) is 30.5 Å². The lowest BCUT2D eigenvalue weighted by molar-refractivity contribution is -0.158. The molecular formula is C42H53ClN4O9. The predicted molar refractivity (Wildman–Crippen MR) is 210 cm³/mol. The van der Waals surface area contributed by atoms with Crippen LogP contribution in [0.1, 0.15) is 73.1 Å². The first-order chi connectivity index (χ1) is 26.4. The second kappa shape index (κ2) is 16.3. The van der Waals surface area contributed by atoms with Crippen LogP contribution in [0, 0.1) is 12.8 Å². The van der Waals surface area contributed by atoms with E-state index in [1.54, 1.807) is 46.2 Å². The number of allylic oxidation sites excluding steroid dienone is 3. The monoisotopic (exact) mass is 792 g/mol. The molecule has 302 valence electrons. The summed E-state index contributed by atoms with van der Waals surface area (Å²) in [4.78, 5) is 57.6. The van der Waals surface area contributed by atoms with Crippen molar-refractivity contribution in [2.45, 2.75) is 109 Å². The number of anilines is 1. The van der Waals surface area contributed by atoms with Gasteiger partial charge in [0.15, 0.2) is 5.72 Å². The number of likely N-dealkylation sites (N-methyl/N-ethyl adjacent to an activating group) is 1. The third kappa shape index (κ3) is 8.38. The van der Waals surface area contributed by atoms with Gasteiger partial charge < -0.3 is 39.2 Å². The average Bonchev–Trinajstić information content (AvgIpc) is 3.87. The molecule has 2 fully saturated rings. The number of halogens is 1. The molecule has 8 atom stereocenters. The van der Waals surface area contributed by atoms with E-state index in [2.05, 4.69) is 10.6 Å². The van der Waals surface area contributed by atoms with Gasteiger partial charge in [0.25, 0.3) is 5.91 Å². The summed E-state index contributed by atoms with van der Waals surface area (Å²) in [5.41, 5.74) is 2.83. The lowest BCUT2D eigenvalue weighted by atomic mass is 9.83. The van der Waals surface area contributed by atoms with Crippen molar-refractivity contribution in [3.8, 4) is 0 Å². The van der Waals surface area contributed by atoms with Crippen molar-refractivity contribution < 1.29 is 43.2 Å². The number of fused-ring (bicyclic) bond motifs is 6. The summed E-state index contributed by atoms with van der Waals surface area (Å²) >= 11 is 6.81. The summed E-state index contributed by atoms with van der Waals surface area (Å²) in [5, 5.41) is 18.0. The van der Waals surface area contributed by atoms with Crippen LogP contribution in [-0.2, 0) is 47.9 Å². The highest BCUT2D eigenvalue weighted by atomic mass is 35.5. The number of esters is 1. The highest BCUT2D eigenvalue weighted by Crippen LogP contribution is 2.49. The summed E-state index contributed by atoms with van der Waals surface area (Å²) in [6.45, 7) is 10.5. The van der Waals surface area contributed by atoms with Gasteiger partial charge in [-0.1, -0.05) is 54.5 Å². The maximum Gasteiger partial charge on any atom is 0.409 e. The van der Waals surface area contributed by atoms with Crippen molar-refractivity contribution in [3.05, 3.63) is 87.0 Å². The number of nitrogens with zero attached hydrogens (tertiary/aromatic N) is 2. The molecule has 0 saturated carbocycles. The molecule has 14 heteroatoms. The first-order valence-corrected chi connectivity index (χ1v) is 19.4. The number of ether oxygens (including phenoxy) is 4. The van der Waals surface area contributed by atoms with Crippen molar-refractivity contribution in [1.29, 1.82) is 0 Å². The fourth-order valence-electron chi connectivity index (χ4n) is 8.03. The number of epoxide rings is 1. The molecule has 4 heterocycles. The highest BCUT2D eigenvalue weighted by Gasteiger charge is 2.64. The summed E-state index contributed by atoms with van der Waals surface area (Å²) in [5.74, 6) is -1.97. The zero-order chi connectivity index (χ0) is 40.7. The molecule has 4 bridgehead atoms. The van der Waals surface area contributed by atoms with E-state index in [9.17, 15) is 24.3 Å². The molecule has 4 aliphatic rings. The van der Waals surface area contributed by atoms with E-state index >= 15 is 0 Å². The van der Waals surface area contributed by atoms with Gasteiger partial charge >= 0.3 is 12.1 Å². The van der Waals surface area contributed by atoms with E-state index in [-0.39, 0.29) is 24.7 Å².